The standard InChI is InChI=1S/C14H20N2O/c1-10(17)15-14-6-4-5-11-9-12(16(2)3)7-8-13(11)14/h4-6,12H,7-9H2,1-3H3,(H,15,17). The lowest BCUT2D eigenvalue weighted by molar-refractivity contribution is -0.114. The molecule has 17 heavy (non-hydrogen) atoms. The fourth-order valence-electron chi connectivity index (χ4n) is 2.54. The molecule has 3 heteroatoms. The molecule has 1 amide bonds. The van der Waals surface area contributed by atoms with Crippen LogP contribution in [0.25, 0.3) is 0 Å². The number of hydrogen-bond donors (Lipinski definition) is 1. The minimum Gasteiger partial charge on any atom is -0.326 e. The number of nitrogens with zero attached hydrogens (tertiary/aromatic N) is 1. The third kappa shape index (κ3) is 2.67. The maximum Gasteiger partial charge on any atom is 0.221 e. The molecular weight excluding hydrogens is 212 g/mol. The summed E-state index contributed by atoms with van der Waals surface area (Å²) in [6.45, 7) is 1.56. The molecule has 0 bridgehead atoms. The Labute approximate surface area is 103 Å². The first-order valence-electron chi connectivity index (χ1n) is 6.12. The Hall–Kier alpha value is -1.35. The van der Waals surface area contributed by atoms with Gasteiger partial charge >= 0.3 is 0 Å². The van der Waals surface area contributed by atoms with Gasteiger partial charge in [-0.05, 0) is 50.6 Å². The topological polar surface area (TPSA) is 32.3 Å². The van der Waals surface area contributed by atoms with E-state index in [4.69, 9.17) is 0 Å². The van der Waals surface area contributed by atoms with E-state index in [0.29, 0.717) is 6.04 Å². The normalized spacial score (nSPS) is 18.9. The van der Waals surface area contributed by atoms with E-state index in [0.717, 1.165) is 24.9 Å². The van der Waals surface area contributed by atoms with E-state index in [1.807, 2.05) is 12.1 Å². The average molecular weight is 232 g/mol. The van der Waals surface area contributed by atoms with E-state index in [2.05, 4.69) is 30.4 Å². The molecule has 0 saturated heterocycles. The van der Waals surface area contributed by atoms with Crippen LogP contribution < -0.4 is 5.32 Å². The molecule has 0 aromatic heterocycles. The SMILES string of the molecule is CC(=O)Nc1cccc2c1CCC(N(C)C)C2. The van der Waals surface area contributed by atoms with Gasteiger partial charge in [-0.25, -0.2) is 0 Å². The van der Waals surface area contributed by atoms with E-state index >= 15 is 0 Å². The Morgan fingerprint density at radius 2 is 2.18 bits per heavy atom. The number of hydrogen-bond acceptors (Lipinski definition) is 2. The molecule has 1 aliphatic rings. The zero-order valence-corrected chi connectivity index (χ0v) is 10.8. The summed E-state index contributed by atoms with van der Waals surface area (Å²) in [4.78, 5) is 13.4. The highest BCUT2D eigenvalue weighted by Crippen LogP contribution is 2.29. The van der Waals surface area contributed by atoms with Crippen LogP contribution in [0.2, 0.25) is 0 Å². The number of rotatable bonds is 2. The van der Waals surface area contributed by atoms with Gasteiger partial charge in [0.25, 0.3) is 0 Å². The van der Waals surface area contributed by atoms with Crippen LogP contribution in [-0.4, -0.2) is 30.9 Å². The fraction of sp³-hybridized carbons (Fsp3) is 0.500. The van der Waals surface area contributed by atoms with Crippen LogP contribution in [0.1, 0.15) is 24.5 Å². The second-order valence-electron chi connectivity index (χ2n) is 4.98. The van der Waals surface area contributed by atoms with Crippen molar-refractivity contribution in [2.24, 2.45) is 0 Å². The number of amides is 1. The highest BCUT2D eigenvalue weighted by Gasteiger charge is 2.21. The predicted octanol–water partition coefficient (Wildman–Crippen LogP) is 2.06. The summed E-state index contributed by atoms with van der Waals surface area (Å²) in [5.41, 5.74) is 3.69. The van der Waals surface area contributed by atoms with Gasteiger partial charge in [0.15, 0.2) is 0 Å². The van der Waals surface area contributed by atoms with Gasteiger partial charge < -0.3 is 10.2 Å². The molecule has 1 aliphatic carbocycles. The van der Waals surface area contributed by atoms with Crippen molar-refractivity contribution in [1.29, 1.82) is 0 Å². The van der Waals surface area contributed by atoms with Gasteiger partial charge in [-0.15, -0.1) is 0 Å². The van der Waals surface area contributed by atoms with Crippen LogP contribution in [0.5, 0.6) is 0 Å². The molecule has 1 atom stereocenters. The lowest BCUT2D eigenvalue weighted by Crippen LogP contribution is -2.33. The summed E-state index contributed by atoms with van der Waals surface area (Å²) in [6, 6.07) is 6.82. The van der Waals surface area contributed by atoms with Gasteiger partial charge in [0.05, 0.1) is 0 Å². The monoisotopic (exact) mass is 232 g/mol. The summed E-state index contributed by atoms with van der Waals surface area (Å²) >= 11 is 0. The average Bonchev–Trinajstić information content (AvgIpc) is 2.28. The number of nitrogens with one attached hydrogen (secondary N) is 1. The van der Waals surface area contributed by atoms with Crippen molar-refractivity contribution < 1.29 is 4.79 Å². The minimum absolute atomic E-state index is 0.00753. The predicted molar refractivity (Wildman–Crippen MR) is 70.2 cm³/mol. The molecule has 0 fully saturated rings. The van der Waals surface area contributed by atoms with E-state index in [1.165, 1.54) is 11.1 Å². The first-order valence-corrected chi connectivity index (χ1v) is 6.12. The van der Waals surface area contributed by atoms with E-state index in [9.17, 15) is 4.79 Å². The van der Waals surface area contributed by atoms with Crippen molar-refractivity contribution in [3.8, 4) is 0 Å². The van der Waals surface area contributed by atoms with Gasteiger partial charge in [0.2, 0.25) is 5.91 Å². The lowest BCUT2D eigenvalue weighted by atomic mass is 9.86. The van der Waals surface area contributed by atoms with Crippen molar-refractivity contribution in [2.45, 2.75) is 32.2 Å². The summed E-state index contributed by atoms with van der Waals surface area (Å²) in [6.07, 6.45) is 3.29. The number of carbonyl (C=O) groups excluding carboxylic acids is 1. The zero-order chi connectivity index (χ0) is 12.4. The number of carbonyl (C=O) groups is 1. The molecule has 1 N–H and O–H groups in total. The highest BCUT2D eigenvalue weighted by molar-refractivity contribution is 5.89. The largest absolute Gasteiger partial charge is 0.326 e. The number of fused-ring (bicyclic) bond motifs is 1. The maximum absolute atomic E-state index is 11.2. The van der Waals surface area contributed by atoms with Gasteiger partial charge in [-0.2, -0.15) is 0 Å². The third-order valence-electron chi connectivity index (χ3n) is 3.50. The fourth-order valence-corrected chi connectivity index (χ4v) is 2.54. The van der Waals surface area contributed by atoms with Gasteiger partial charge in [-0.3, -0.25) is 4.79 Å². The highest BCUT2D eigenvalue weighted by atomic mass is 16.1. The summed E-state index contributed by atoms with van der Waals surface area (Å²) in [7, 11) is 4.26. The maximum atomic E-state index is 11.2. The molecule has 1 unspecified atom stereocenters. The molecular formula is C14H20N2O. The summed E-state index contributed by atoms with van der Waals surface area (Å²) < 4.78 is 0. The van der Waals surface area contributed by atoms with Crippen LogP contribution in [0, 0.1) is 0 Å². The van der Waals surface area contributed by atoms with Crippen LogP contribution in [0.15, 0.2) is 18.2 Å². The van der Waals surface area contributed by atoms with Gasteiger partial charge in [-0.1, -0.05) is 12.1 Å². The molecule has 0 heterocycles. The quantitative estimate of drug-likeness (QED) is 0.846. The van der Waals surface area contributed by atoms with Crippen molar-refractivity contribution in [2.75, 3.05) is 19.4 Å². The van der Waals surface area contributed by atoms with Crippen LogP contribution in [0.4, 0.5) is 5.69 Å². The number of anilines is 1. The minimum atomic E-state index is 0.00753. The van der Waals surface area contributed by atoms with Crippen LogP contribution >= 0.6 is 0 Å². The number of likely N-dealkylation sites (N-methyl/N-ethyl adjacent to an activating group) is 1. The Kier molecular flexibility index (Phi) is 3.48. The Morgan fingerprint density at radius 3 is 2.82 bits per heavy atom. The summed E-state index contributed by atoms with van der Waals surface area (Å²) in [5, 5.41) is 2.92. The molecule has 92 valence electrons. The molecule has 1 aromatic rings. The van der Waals surface area contributed by atoms with Crippen molar-refractivity contribution >= 4 is 11.6 Å². The molecule has 0 saturated carbocycles. The van der Waals surface area contributed by atoms with Crippen LogP contribution in [0.3, 0.4) is 0 Å². The lowest BCUT2D eigenvalue weighted by Gasteiger charge is -2.30. The molecule has 0 aliphatic heterocycles. The molecule has 0 spiro atoms. The molecule has 3 nitrogen and oxygen atoms in total. The second kappa shape index (κ2) is 4.88. The van der Waals surface area contributed by atoms with E-state index in [-0.39, 0.29) is 5.91 Å². The van der Waals surface area contributed by atoms with Crippen LogP contribution in [-0.2, 0) is 17.6 Å². The molecule has 0 radical (unpaired) electrons. The van der Waals surface area contributed by atoms with Crippen molar-refractivity contribution in [3.63, 3.8) is 0 Å². The zero-order valence-electron chi connectivity index (χ0n) is 10.8. The Bertz CT molecular complexity index is 426. The Balaban J connectivity index is 2.26. The molecule has 1 aromatic carbocycles. The van der Waals surface area contributed by atoms with Gasteiger partial charge in [0.1, 0.15) is 0 Å². The Morgan fingerprint density at radius 1 is 1.41 bits per heavy atom. The van der Waals surface area contributed by atoms with E-state index in [1.54, 1.807) is 6.92 Å². The second-order valence-corrected chi connectivity index (χ2v) is 4.98. The van der Waals surface area contributed by atoms with Crippen molar-refractivity contribution in [1.82, 2.24) is 4.90 Å². The first kappa shape index (κ1) is 12.1. The van der Waals surface area contributed by atoms with E-state index < -0.39 is 0 Å². The first-order chi connectivity index (χ1) is 8.08. The smallest absolute Gasteiger partial charge is 0.221 e. The van der Waals surface area contributed by atoms with Crippen molar-refractivity contribution in [3.05, 3.63) is 29.3 Å². The van der Waals surface area contributed by atoms with Gasteiger partial charge in [0, 0.05) is 18.7 Å². The number of benzene rings is 1. The molecule has 2 rings (SSSR count). The third-order valence-corrected chi connectivity index (χ3v) is 3.50. The summed E-state index contributed by atoms with van der Waals surface area (Å²) in [5.74, 6) is 0.00753.